The number of nitrogens with one attached hydrogen (secondary N) is 2. The Hall–Kier alpha value is -3.49. The summed E-state index contributed by atoms with van der Waals surface area (Å²) >= 11 is 0. The number of aromatic amines is 1. The van der Waals surface area contributed by atoms with E-state index in [9.17, 15) is 9.59 Å². The summed E-state index contributed by atoms with van der Waals surface area (Å²) in [4.78, 5) is 34.5. The molecule has 4 rings (SSSR count). The van der Waals surface area contributed by atoms with Crippen LogP contribution in [0, 0.1) is 0 Å². The molecule has 3 aromatic rings. The lowest BCUT2D eigenvalue weighted by atomic mass is 9.93. The van der Waals surface area contributed by atoms with Crippen LogP contribution in [0.15, 0.2) is 47.5 Å². The van der Waals surface area contributed by atoms with Gasteiger partial charge in [0.1, 0.15) is 17.1 Å². The Balaban J connectivity index is 1.31. The van der Waals surface area contributed by atoms with Gasteiger partial charge in [0.2, 0.25) is 0 Å². The molecule has 4 heterocycles. The molecule has 0 saturated carbocycles. The number of carbonyl (C=O) groups is 2. The topological polar surface area (TPSA) is 117 Å². The molecule has 1 fully saturated rings. The minimum atomic E-state index is -0.255. The van der Waals surface area contributed by atoms with Crippen LogP contribution in [-0.2, 0) is 6.54 Å². The highest BCUT2D eigenvalue weighted by molar-refractivity contribution is 5.92. The van der Waals surface area contributed by atoms with Crippen molar-refractivity contribution in [2.75, 3.05) is 13.1 Å². The van der Waals surface area contributed by atoms with E-state index in [-0.39, 0.29) is 17.7 Å². The molecule has 9 heteroatoms. The average Bonchev–Trinajstić information content (AvgIpc) is 3.44. The molecule has 9 nitrogen and oxygen atoms in total. The standard InChI is InChI=1S/C19H20N6O3/c26-18(22-11-14-2-1-9-28-14)16-10-15(23-24-16)13-3-7-25(8-4-13)19(27)17-12-20-5-6-21-17/h1-2,5-6,9-10,12-13H,3-4,7-8,11H2,(H,22,26)(H,23,24). The summed E-state index contributed by atoms with van der Waals surface area (Å²) in [6, 6.07) is 5.35. The minimum Gasteiger partial charge on any atom is -0.467 e. The molecule has 28 heavy (non-hydrogen) atoms. The molecular formula is C19H20N6O3. The summed E-state index contributed by atoms with van der Waals surface area (Å²) in [7, 11) is 0. The van der Waals surface area contributed by atoms with Gasteiger partial charge in [0.15, 0.2) is 0 Å². The van der Waals surface area contributed by atoms with Crippen molar-refractivity contribution < 1.29 is 14.0 Å². The third-order valence-corrected chi connectivity index (χ3v) is 4.84. The molecule has 1 saturated heterocycles. The van der Waals surface area contributed by atoms with Crippen molar-refractivity contribution in [2.45, 2.75) is 25.3 Å². The maximum Gasteiger partial charge on any atom is 0.274 e. The van der Waals surface area contributed by atoms with Crippen LogP contribution in [-0.4, -0.2) is 50.0 Å². The highest BCUT2D eigenvalue weighted by Crippen LogP contribution is 2.27. The molecule has 0 spiro atoms. The van der Waals surface area contributed by atoms with Gasteiger partial charge in [0, 0.05) is 37.1 Å². The second-order valence-electron chi connectivity index (χ2n) is 6.63. The summed E-state index contributed by atoms with van der Waals surface area (Å²) in [6.07, 6.45) is 7.70. The van der Waals surface area contributed by atoms with Crippen LogP contribution < -0.4 is 5.32 Å². The second-order valence-corrected chi connectivity index (χ2v) is 6.63. The number of hydrogen-bond donors (Lipinski definition) is 2. The van der Waals surface area contributed by atoms with Crippen molar-refractivity contribution in [3.05, 3.63) is 65.9 Å². The highest BCUT2D eigenvalue weighted by atomic mass is 16.3. The van der Waals surface area contributed by atoms with Crippen molar-refractivity contribution >= 4 is 11.8 Å². The van der Waals surface area contributed by atoms with Gasteiger partial charge in [-0.15, -0.1) is 0 Å². The third kappa shape index (κ3) is 3.93. The molecule has 0 aliphatic carbocycles. The molecular weight excluding hydrogens is 360 g/mol. The van der Waals surface area contributed by atoms with Crippen molar-refractivity contribution in [3.63, 3.8) is 0 Å². The van der Waals surface area contributed by atoms with Crippen molar-refractivity contribution in [3.8, 4) is 0 Å². The fraction of sp³-hybridized carbons (Fsp3) is 0.316. The first-order chi connectivity index (χ1) is 13.7. The predicted molar refractivity (Wildman–Crippen MR) is 98.4 cm³/mol. The molecule has 3 aromatic heterocycles. The monoisotopic (exact) mass is 380 g/mol. The van der Waals surface area contributed by atoms with Crippen LogP contribution in [0.5, 0.6) is 0 Å². The van der Waals surface area contributed by atoms with E-state index < -0.39 is 0 Å². The van der Waals surface area contributed by atoms with Gasteiger partial charge in [-0.2, -0.15) is 5.10 Å². The van der Waals surface area contributed by atoms with Gasteiger partial charge in [-0.3, -0.25) is 19.7 Å². The van der Waals surface area contributed by atoms with E-state index in [1.54, 1.807) is 35.6 Å². The average molecular weight is 380 g/mol. The van der Waals surface area contributed by atoms with Gasteiger partial charge in [-0.1, -0.05) is 0 Å². The van der Waals surface area contributed by atoms with Crippen LogP contribution in [0.1, 0.15) is 51.2 Å². The quantitative estimate of drug-likeness (QED) is 0.696. The summed E-state index contributed by atoms with van der Waals surface area (Å²) in [5.74, 6) is 0.553. The van der Waals surface area contributed by atoms with E-state index in [0.29, 0.717) is 36.8 Å². The molecule has 0 aromatic carbocycles. The van der Waals surface area contributed by atoms with Gasteiger partial charge in [0.25, 0.3) is 11.8 Å². The Labute approximate surface area is 161 Å². The lowest BCUT2D eigenvalue weighted by Crippen LogP contribution is -2.38. The normalized spacial score (nSPS) is 14.8. The van der Waals surface area contributed by atoms with Crippen LogP contribution in [0.4, 0.5) is 0 Å². The molecule has 2 amide bonds. The first-order valence-electron chi connectivity index (χ1n) is 9.12. The zero-order chi connectivity index (χ0) is 19.3. The van der Waals surface area contributed by atoms with Crippen LogP contribution >= 0.6 is 0 Å². The number of hydrogen-bond acceptors (Lipinski definition) is 6. The molecule has 144 valence electrons. The zero-order valence-electron chi connectivity index (χ0n) is 15.2. The SMILES string of the molecule is O=C(NCc1ccco1)c1cc(C2CCN(C(=O)c3cnccn3)CC2)[nH]n1. The molecule has 0 radical (unpaired) electrons. The Morgan fingerprint density at radius 3 is 2.82 bits per heavy atom. The number of amides is 2. The highest BCUT2D eigenvalue weighted by Gasteiger charge is 2.27. The fourth-order valence-electron chi connectivity index (χ4n) is 3.30. The number of H-pyrrole nitrogens is 1. The number of aromatic nitrogens is 4. The zero-order valence-corrected chi connectivity index (χ0v) is 15.2. The molecule has 1 aliphatic heterocycles. The lowest BCUT2D eigenvalue weighted by Gasteiger charge is -2.31. The van der Waals surface area contributed by atoms with Crippen molar-refractivity contribution in [2.24, 2.45) is 0 Å². The number of piperidine rings is 1. The summed E-state index contributed by atoms with van der Waals surface area (Å²) < 4.78 is 5.20. The summed E-state index contributed by atoms with van der Waals surface area (Å²) in [5, 5.41) is 9.87. The van der Waals surface area contributed by atoms with Crippen molar-refractivity contribution in [1.29, 1.82) is 0 Å². The smallest absolute Gasteiger partial charge is 0.274 e. The maximum atomic E-state index is 12.4. The number of nitrogens with zero attached hydrogens (tertiary/aromatic N) is 4. The van der Waals surface area contributed by atoms with E-state index in [4.69, 9.17) is 4.42 Å². The van der Waals surface area contributed by atoms with Gasteiger partial charge in [-0.25, -0.2) is 4.98 Å². The Kier molecular flexibility index (Phi) is 5.14. The second kappa shape index (κ2) is 8.03. The first-order valence-corrected chi connectivity index (χ1v) is 9.12. The Morgan fingerprint density at radius 2 is 2.11 bits per heavy atom. The number of furan rings is 1. The number of rotatable bonds is 5. The van der Waals surface area contributed by atoms with Gasteiger partial charge < -0.3 is 14.6 Å². The maximum absolute atomic E-state index is 12.4. The Morgan fingerprint density at radius 1 is 1.25 bits per heavy atom. The molecule has 0 atom stereocenters. The van der Waals surface area contributed by atoms with E-state index >= 15 is 0 Å². The largest absolute Gasteiger partial charge is 0.467 e. The van der Waals surface area contributed by atoms with Gasteiger partial charge in [0.05, 0.1) is 19.0 Å². The van der Waals surface area contributed by atoms with E-state index in [2.05, 4.69) is 25.5 Å². The fourth-order valence-corrected chi connectivity index (χ4v) is 3.30. The van der Waals surface area contributed by atoms with E-state index in [1.165, 1.54) is 12.4 Å². The third-order valence-electron chi connectivity index (χ3n) is 4.84. The predicted octanol–water partition coefficient (Wildman–Crippen LogP) is 1.74. The summed E-state index contributed by atoms with van der Waals surface area (Å²) in [5.41, 5.74) is 1.62. The van der Waals surface area contributed by atoms with Crippen molar-refractivity contribution in [1.82, 2.24) is 30.4 Å². The van der Waals surface area contributed by atoms with Crippen LogP contribution in [0.25, 0.3) is 0 Å². The van der Waals surface area contributed by atoms with Crippen LogP contribution in [0.3, 0.4) is 0 Å². The molecule has 2 N–H and O–H groups in total. The molecule has 0 bridgehead atoms. The van der Waals surface area contributed by atoms with Gasteiger partial charge in [-0.05, 0) is 31.0 Å². The Bertz CT molecular complexity index is 930. The molecule has 0 unspecified atom stereocenters. The summed E-state index contributed by atoms with van der Waals surface area (Å²) in [6.45, 7) is 1.56. The van der Waals surface area contributed by atoms with E-state index in [0.717, 1.165) is 18.5 Å². The minimum absolute atomic E-state index is 0.103. The van der Waals surface area contributed by atoms with Crippen LogP contribution in [0.2, 0.25) is 0 Å². The first kappa shape index (κ1) is 17.9. The van der Waals surface area contributed by atoms with E-state index in [1.807, 2.05) is 0 Å². The number of carbonyl (C=O) groups excluding carboxylic acids is 2. The van der Waals surface area contributed by atoms with Gasteiger partial charge >= 0.3 is 0 Å². The lowest BCUT2D eigenvalue weighted by molar-refractivity contribution is 0.0705. The number of likely N-dealkylation sites (tertiary alicyclic amines) is 1. The molecule has 1 aliphatic rings.